The summed E-state index contributed by atoms with van der Waals surface area (Å²) in [7, 11) is 0. The lowest BCUT2D eigenvalue weighted by Crippen LogP contribution is -2.41. The van der Waals surface area contributed by atoms with Gasteiger partial charge >= 0.3 is 0 Å². The number of nitrogens with zero attached hydrogens (tertiary/aromatic N) is 3. The van der Waals surface area contributed by atoms with Crippen molar-refractivity contribution < 1.29 is 4.79 Å². The van der Waals surface area contributed by atoms with E-state index in [0.717, 1.165) is 42.4 Å². The number of piperidine rings is 1. The Bertz CT molecular complexity index is 836. The number of halogens is 1. The van der Waals surface area contributed by atoms with Crippen LogP contribution in [0.5, 0.6) is 0 Å². The van der Waals surface area contributed by atoms with Crippen molar-refractivity contribution >= 4 is 23.2 Å². The molecule has 1 amide bonds. The number of hydrazone groups is 1. The summed E-state index contributed by atoms with van der Waals surface area (Å²) >= 11 is 6.09. The average Bonchev–Trinajstić information content (AvgIpc) is 2.98. The Hall–Kier alpha value is -2.17. The number of hydrogen-bond acceptors (Lipinski definition) is 3. The Morgan fingerprint density at radius 2 is 2.00 bits per heavy atom. The van der Waals surface area contributed by atoms with Crippen LogP contribution in [0.3, 0.4) is 0 Å². The zero-order valence-corrected chi connectivity index (χ0v) is 15.6. The Balaban J connectivity index is 1.48. The monoisotopic (exact) mass is 367 g/mol. The van der Waals surface area contributed by atoms with Crippen LogP contribution in [0.4, 0.5) is 0 Å². The molecule has 26 heavy (non-hydrogen) atoms. The molecule has 0 radical (unpaired) electrons. The Morgan fingerprint density at radius 1 is 1.19 bits per heavy atom. The third-order valence-electron chi connectivity index (χ3n) is 5.23. The SMILES string of the molecule is CC(c1ccccc1)N1N=C2CN(Cc3cccc(Cl)c3)CCC2C1=O. The highest BCUT2D eigenvalue weighted by atomic mass is 35.5. The number of hydrogen-bond donors (Lipinski definition) is 0. The first-order valence-corrected chi connectivity index (χ1v) is 9.42. The number of carbonyl (C=O) groups excluding carboxylic acids is 1. The van der Waals surface area contributed by atoms with Crippen molar-refractivity contribution in [2.45, 2.75) is 25.9 Å². The van der Waals surface area contributed by atoms with E-state index in [1.165, 1.54) is 5.56 Å². The number of rotatable bonds is 4. The molecule has 2 aliphatic heterocycles. The van der Waals surface area contributed by atoms with Crippen molar-refractivity contribution in [2.24, 2.45) is 11.0 Å². The third kappa shape index (κ3) is 3.39. The molecule has 5 heteroatoms. The standard InChI is InChI=1S/C21H22ClN3O/c1-15(17-7-3-2-4-8-17)25-21(26)19-10-11-24(14-20(19)23-25)13-16-6-5-9-18(22)12-16/h2-9,12,15,19H,10-11,13-14H2,1H3. The molecule has 134 valence electrons. The van der Waals surface area contributed by atoms with Crippen molar-refractivity contribution in [3.8, 4) is 0 Å². The van der Waals surface area contributed by atoms with Crippen LogP contribution in [-0.4, -0.2) is 34.6 Å². The molecule has 2 aromatic carbocycles. The topological polar surface area (TPSA) is 35.9 Å². The van der Waals surface area contributed by atoms with E-state index in [1.54, 1.807) is 5.01 Å². The first-order valence-electron chi connectivity index (χ1n) is 9.04. The van der Waals surface area contributed by atoms with Gasteiger partial charge in [-0.05, 0) is 36.6 Å². The number of fused-ring (bicyclic) bond motifs is 1. The number of amides is 1. The van der Waals surface area contributed by atoms with Gasteiger partial charge in [0, 0.05) is 24.7 Å². The predicted octanol–water partition coefficient (Wildman–Crippen LogP) is 4.12. The van der Waals surface area contributed by atoms with Crippen molar-refractivity contribution in [1.29, 1.82) is 0 Å². The fraction of sp³-hybridized carbons (Fsp3) is 0.333. The predicted molar refractivity (Wildman–Crippen MR) is 104 cm³/mol. The fourth-order valence-corrected chi connectivity index (χ4v) is 4.00. The number of benzene rings is 2. The molecule has 2 aliphatic rings. The Morgan fingerprint density at radius 3 is 2.77 bits per heavy atom. The molecule has 0 spiro atoms. The molecule has 1 saturated heterocycles. The van der Waals surface area contributed by atoms with Crippen molar-refractivity contribution in [3.63, 3.8) is 0 Å². The van der Waals surface area contributed by atoms with Gasteiger partial charge in [0.05, 0.1) is 17.7 Å². The van der Waals surface area contributed by atoms with E-state index < -0.39 is 0 Å². The molecule has 4 nitrogen and oxygen atoms in total. The summed E-state index contributed by atoms with van der Waals surface area (Å²) in [5.74, 6) is 0.0792. The molecule has 2 heterocycles. The van der Waals surface area contributed by atoms with E-state index in [4.69, 9.17) is 16.7 Å². The van der Waals surface area contributed by atoms with Gasteiger partial charge in [-0.15, -0.1) is 0 Å². The van der Waals surface area contributed by atoms with Crippen LogP contribution in [0.2, 0.25) is 5.02 Å². The fourth-order valence-electron chi connectivity index (χ4n) is 3.79. The van der Waals surface area contributed by atoms with E-state index in [1.807, 2.05) is 55.5 Å². The van der Waals surface area contributed by atoms with Crippen molar-refractivity contribution in [3.05, 3.63) is 70.7 Å². The maximum absolute atomic E-state index is 12.8. The van der Waals surface area contributed by atoms with E-state index in [0.29, 0.717) is 0 Å². The van der Waals surface area contributed by atoms with Gasteiger partial charge in [-0.1, -0.05) is 54.1 Å². The van der Waals surface area contributed by atoms with E-state index in [-0.39, 0.29) is 17.9 Å². The van der Waals surface area contributed by atoms with Gasteiger partial charge in [0.1, 0.15) is 0 Å². The Labute approximate surface area is 159 Å². The molecule has 0 bridgehead atoms. The lowest BCUT2D eigenvalue weighted by molar-refractivity contribution is -0.134. The minimum Gasteiger partial charge on any atom is -0.293 e. The second-order valence-corrected chi connectivity index (χ2v) is 7.48. The number of likely N-dealkylation sites (tertiary alicyclic amines) is 1. The van der Waals surface area contributed by atoms with Gasteiger partial charge in [-0.3, -0.25) is 9.69 Å². The third-order valence-corrected chi connectivity index (χ3v) is 5.46. The van der Waals surface area contributed by atoms with E-state index in [9.17, 15) is 4.79 Å². The first-order chi connectivity index (χ1) is 12.6. The largest absolute Gasteiger partial charge is 0.293 e. The summed E-state index contributed by atoms with van der Waals surface area (Å²) < 4.78 is 0. The molecule has 2 unspecified atom stereocenters. The van der Waals surface area contributed by atoms with Crippen LogP contribution >= 0.6 is 11.6 Å². The molecule has 2 atom stereocenters. The second kappa shape index (κ2) is 7.22. The normalized spacial score (nSPS) is 21.5. The minimum atomic E-state index is -0.0585. The lowest BCUT2D eigenvalue weighted by atomic mass is 9.94. The van der Waals surface area contributed by atoms with E-state index >= 15 is 0 Å². The van der Waals surface area contributed by atoms with Crippen LogP contribution in [0.1, 0.15) is 30.5 Å². The van der Waals surface area contributed by atoms with Crippen LogP contribution in [0.15, 0.2) is 59.7 Å². The minimum absolute atomic E-state index is 0.0387. The van der Waals surface area contributed by atoms with Gasteiger partial charge in [-0.2, -0.15) is 5.10 Å². The van der Waals surface area contributed by atoms with Gasteiger partial charge < -0.3 is 0 Å². The highest BCUT2D eigenvalue weighted by Gasteiger charge is 2.41. The number of carbonyl (C=O) groups is 1. The molecular formula is C21H22ClN3O. The van der Waals surface area contributed by atoms with Crippen LogP contribution in [0.25, 0.3) is 0 Å². The average molecular weight is 368 g/mol. The first kappa shape index (κ1) is 17.3. The molecule has 4 rings (SSSR count). The summed E-state index contributed by atoms with van der Waals surface area (Å²) in [6, 6.07) is 18.0. The highest BCUT2D eigenvalue weighted by Crippen LogP contribution is 2.31. The van der Waals surface area contributed by atoms with Crippen molar-refractivity contribution in [1.82, 2.24) is 9.91 Å². The van der Waals surface area contributed by atoms with Gasteiger partial charge in [0.25, 0.3) is 5.91 Å². The zero-order valence-electron chi connectivity index (χ0n) is 14.8. The summed E-state index contributed by atoms with van der Waals surface area (Å²) in [4.78, 5) is 15.2. The summed E-state index contributed by atoms with van der Waals surface area (Å²) in [6.45, 7) is 4.50. The molecule has 1 fully saturated rings. The molecule has 0 saturated carbocycles. The quantitative estimate of drug-likeness (QED) is 0.814. The van der Waals surface area contributed by atoms with E-state index in [2.05, 4.69) is 11.0 Å². The molecule has 0 aliphatic carbocycles. The Kier molecular flexibility index (Phi) is 4.79. The highest BCUT2D eigenvalue weighted by molar-refractivity contribution is 6.30. The molecular weight excluding hydrogens is 346 g/mol. The van der Waals surface area contributed by atoms with Gasteiger partial charge in [0.15, 0.2) is 0 Å². The second-order valence-electron chi connectivity index (χ2n) is 7.04. The van der Waals surface area contributed by atoms with Gasteiger partial charge in [0.2, 0.25) is 0 Å². The lowest BCUT2D eigenvalue weighted by Gasteiger charge is -2.29. The van der Waals surface area contributed by atoms with Crippen LogP contribution in [0, 0.1) is 5.92 Å². The summed E-state index contributed by atoms with van der Waals surface area (Å²) in [5, 5.41) is 7.15. The summed E-state index contributed by atoms with van der Waals surface area (Å²) in [6.07, 6.45) is 0.830. The molecule has 0 N–H and O–H groups in total. The summed E-state index contributed by atoms with van der Waals surface area (Å²) in [5.41, 5.74) is 3.29. The van der Waals surface area contributed by atoms with Crippen LogP contribution < -0.4 is 0 Å². The molecule has 0 aromatic heterocycles. The maximum Gasteiger partial charge on any atom is 0.252 e. The van der Waals surface area contributed by atoms with Crippen LogP contribution in [-0.2, 0) is 11.3 Å². The smallest absolute Gasteiger partial charge is 0.252 e. The molecule has 2 aromatic rings. The zero-order chi connectivity index (χ0) is 18.1. The van der Waals surface area contributed by atoms with Gasteiger partial charge in [-0.25, -0.2) is 5.01 Å². The van der Waals surface area contributed by atoms with Crippen molar-refractivity contribution in [2.75, 3.05) is 13.1 Å². The maximum atomic E-state index is 12.8.